The maximum absolute atomic E-state index is 12.2. The highest BCUT2D eigenvalue weighted by molar-refractivity contribution is 5.87. The predicted molar refractivity (Wildman–Crippen MR) is 72.5 cm³/mol. The Morgan fingerprint density at radius 1 is 1.24 bits per heavy atom. The number of nitrogens with zero attached hydrogens (tertiary/aromatic N) is 2. The second-order valence-electron chi connectivity index (χ2n) is 4.55. The highest BCUT2D eigenvalue weighted by Crippen LogP contribution is 2.31. The summed E-state index contributed by atoms with van der Waals surface area (Å²) in [6.07, 6.45) is 0. The Morgan fingerprint density at radius 3 is 2.67 bits per heavy atom. The SMILES string of the molecule is Cc1cc(C(=O)O)c(=O)n(-c2ccc3c(c2)OCCO3)n1. The van der Waals surface area contributed by atoms with Crippen molar-refractivity contribution >= 4 is 5.97 Å². The molecule has 1 aromatic heterocycles. The number of hydrogen-bond donors (Lipinski definition) is 1. The molecule has 21 heavy (non-hydrogen) atoms. The van der Waals surface area contributed by atoms with Crippen LogP contribution in [0.5, 0.6) is 11.5 Å². The lowest BCUT2D eigenvalue weighted by atomic mass is 10.2. The standard InChI is InChI=1S/C14H12N2O5/c1-8-6-10(14(18)19)13(17)16(15-8)9-2-3-11-12(7-9)21-5-4-20-11/h2-3,6-7H,4-5H2,1H3,(H,18,19). The molecule has 0 amide bonds. The highest BCUT2D eigenvalue weighted by Gasteiger charge is 2.17. The maximum atomic E-state index is 12.2. The minimum Gasteiger partial charge on any atom is -0.486 e. The van der Waals surface area contributed by atoms with E-state index in [0.717, 1.165) is 4.68 Å². The van der Waals surface area contributed by atoms with Crippen molar-refractivity contribution < 1.29 is 19.4 Å². The van der Waals surface area contributed by atoms with Gasteiger partial charge in [-0.05, 0) is 25.1 Å². The van der Waals surface area contributed by atoms with E-state index < -0.39 is 11.5 Å². The fourth-order valence-corrected chi connectivity index (χ4v) is 2.11. The van der Waals surface area contributed by atoms with Crippen LogP contribution in [0.4, 0.5) is 0 Å². The van der Waals surface area contributed by atoms with Gasteiger partial charge < -0.3 is 14.6 Å². The summed E-state index contributed by atoms with van der Waals surface area (Å²) in [6, 6.07) is 6.15. The summed E-state index contributed by atoms with van der Waals surface area (Å²) in [5.74, 6) is -0.188. The first-order valence-corrected chi connectivity index (χ1v) is 6.30. The van der Waals surface area contributed by atoms with Crippen molar-refractivity contribution in [3.63, 3.8) is 0 Å². The molecule has 0 saturated heterocycles. The molecule has 0 aliphatic carbocycles. The summed E-state index contributed by atoms with van der Waals surface area (Å²) >= 11 is 0. The summed E-state index contributed by atoms with van der Waals surface area (Å²) in [7, 11) is 0. The number of carboxylic acids is 1. The van der Waals surface area contributed by atoms with E-state index in [1.165, 1.54) is 6.07 Å². The van der Waals surface area contributed by atoms with E-state index in [1.807, 2.05) is 0 Å². The van der Waals surface area contributed by atoms with Gasteiger partial charge >= 0.3 is 5.97 Å². The average molecular weight is 288 g/mol. The number of carbonyl (C=O) groups is 1. The zero-order chi connectivity index (χ0) is 15.0. The lowest BCUT2D eigenvalue weighted by Gasteiger charge is -2.19. The van der Waals surface area contributed by atoms with Crippen molar-refractivity contribution in [2.75, 3.05) is 13.2 Å². The van der Waals surface area contributed by atoms with Crippen molar-refractivity contribution in [2.45, 2.75) is 6.92 Å². The number of aromatic carboxylic acids is 1. The van der Waals surface area contributed by atoms with Crippen LogP contribution in [0, 0.1) is 6.92 Å². The van der Waals surface area contributed by atoms with Gasteiger partial charge in [0.1, 0.15) is 18.8 Å². The van der Waals surface area contributed by atoms with Gasteiger partial charge in [0.2, 0.25) is 0 Å². The molecule has 0 radical (unpaired) electrons. The average Bonchev–Trinajstić information content (AvgIpc) is 2.48. The molecule has 3 rings (SSSR count). The molecule has 7 heteroatoms. The third kappa shape index (κ3) is 2.33. The monoisotopic (exact) mass is 288 g/mol. The molecule has 108 valence electrons. The molecule has 1 N–H and O–H groups in total. The van der Waals surface area contributed by atoms with Crippen LogP contribution in [-0.4, -0.2) is 34.1 Å². The zero-order valence-electron chi connectivity index (χ0n) is 11.2. The van der Waals surface area contributed by atoms with E-state index >= 15 is 0 Å². The number of carboxylic acid groups (broad SMARTS) is 1. The summed E-state index contributed by atoms with van der Waals surface area (Å²) in [6.45, 7) is 2.52. The van der Waals surface area contributed by atoms with Crippen LogP contribution in [0.1, 0.15) is 16.1 Å². The molecule has 0 atom stereocenters. The number of benzene rings is 1. The topological polar surface area (TPSA) is 90.7 Å². The van der Waals surface area contributed by atoms with Gasteiger partial charge in [-0.15, -0.1) is 0 Å². The molecule has 0 fully saturated rings. The first kappa shape index (κ1) is 13.2. The Morgan fingerprint density at radius 2 is 1.95 bits per heavy atom. The molecular formula is C14H12N2O5. The molecule has 7 nitrogen and oxygen atoms in total. The first-order chi connectivity index (χ1) is 10.1. The second kappa shape index (κ2) is 4.93. The molecule has 2 aromatic rings. The molecule has 1 aliphatic heterocycles. The fourth-order valence-electron chi connectivity index (χ4n) is 2.11. The Kier molecular flexibility index (Phi) is 3.09. The van der Waals surface area contributed by atoms with Crippen LogP contribution < -0.4 is 15.0 Å². The van der Waals surface area contributed by atoms with E-state index in [0.29, 0.717) is 36.1 Å². The Balaban J connectivity index is 2.17. The number of rotatable bonds is 2. The van der Waals surface area contributed by atoms with Gasteiger partial charge in [0.15, 0.2) is 11.5 Å². The van der Waals surface area contributed by atoms with Crippen LogP contribution in [-0.2, 0) is 0 Å². The molecule has 0 spiro atoms. The predicted octanol–water partition coefficient (Wildman–Crippen LogP) is 1.01. The lowest BCUT2D eigenvalue weighted by molar-refractivity contribution is 0.0694. The Bertz CT molecular complexity index is 781. The van der Waals surface area contributed by atoms with Crippen LogP contribution in [0.3, 0.4) is 0 Å². The maximum Gasteiger partial charge on any atom is 0.341 e. The summed E-state index contributed by atoms with van der Waals surface area (Å²) in [4.78, 5) is 23.3. The van der Waals surface area contributed by atoms with Crippen LogP contribution in [0.15, 0.2) is 29.1 Å². The third-order valence-corrected chi connectivity index (χ3v) is 3.03. The minimum atomic E-state index is -1.28. The number of fused-ring (bicyclic) bond motifs is 1. The molecule has 0 unspecified atom stereocenters. The largest absolute Gasteiger partial charge is 0.486 e. The van der Waals surface area contributed by atoms with Gasteiger partial charge in [-0.1, -0.05) is 0 Å². The smallest absolute Gasteiger partial charge is 0.341 e. The zero-order valence-corrected chi connectivity index (χ0v) is 11.2. The van der Waals surface area contributed by atoms with Crippen LogP contribution in [0.2, 0.25) is 0 Å². The van der Waals surface area contributed by atoms with Gasteiger partial charge in [-0.3, -0.25) is 4.79 Å². The highest BCUT2D eigenvalue weighted by atomic mass is 16.6. The van der Waals surface area contributed by atoms with Gasteiger partial charge in [0.05, 0.1) is 11.4 Å². The third-order valence-electron chi connectivity index (χ3n) is 3.03. The molecule has 0 saturated carbocycles. The van der Waals surface area contributed by atoms with Crippen molar-refractivity contribution in [3.8, 4) is 17.2 Å². The molecule has 0 bridgehead atoms. The Hall–Kier alpha value is -2.83. The quantitative estimate of drug-likeness (QED) is 0.887. The molecular weight excluding hydrogens is 276 g/mol. The normalized spacial score (nSPS) is 13.0. The van der Waals surface area contributed by atoms with E-state index in [4.69, 9.17) is 14.6 Å². The number of aryl methyl sites for hydroxylation is 1. The number of ether oxygens (including phenoxy) is 2. The first-order valence-electron chi connectivity index (χ1n) is 6.30. The fraction of sp³-hybridized carbons (Fsp3) is 0.214. The Labute approximate surface area is 119 Å². The lowest BCUT2D eigenvalue weighted by Crippen LogP contribution is -2.28. The summed E-state index contributed by atoms with van der Waals surface area (Å²) < 4.78 is 11.9. The minimum absolute atomic E-state index is 0.322. The summed E-state index contributed by atoms with van der Waals surface area (Å²) in [5, 5.41) is 13.1. The van der Waals surface area contributed by atoms with Gasteiger partial charge in [0, 0.05) is 6.07 Å². The van der Waals surface area contributed by atoms with E-state index in [9.17, 15) is 9.59 Å². The number of aromatic nitrogens is 2. The summed E-state index contributed by atoms with van der Waals surface area (Å²) in [5.41, 5.74) is -0.153. The molecule has 1 aliphatic rings. The number of hydrogen-bond acceptors (Lipinski definition) is 5. The van der Waals surface area contributed by atoms with Gasteiger partial charge in [-0.2, -0.15) is 9.78 Å². The van der Waals surface area contributed by atoms with Crippen molar-refractivity contribution in [3.05, 3.63) is 45.9 Å². The second-order valence-corrected chi connectivity index (χ2v) is 4.55. The molecule has 2 heterocycles. The van der Waals surface area contributed by atoms with E-state index in [2.05, 4.69) is 5.10 Å². The van der Waals surface area contributed by atoms with Crippen molar-refractivity contribution in [1.82, 2.24) is 9.78 Å². The van der Waals surface area contributed by atoms with Crippen LogP contribution in [0.25, 0.3) is 5.69 Å². The van der Waals surface area contributed by atoms with E-state index in [1.54, 1.807) is 25.1 Å². The van der Waals surface area contributed by atoms with Crippen molar-refractivity contribution in [1.29, 1.82) is 0 Å². The van der Waals surface area contributed by atoms with Gasteiger partial charge in [-0.25, -0.2) is 4.79 Å². The van der Waals surface area contributed by atoms with E-state index in [-0.39, 0.29) is 5.56 Å². The van der Waals surface area contributed by atoms with Crippen molar-refractivity contribution in [2.24, 2.45) is 0 Å². The molecule has 1 aromatic carbocycles. The van der Waals surface area contributed by atoms with Gasteiger partial charge in [0.25, 0.3) is 5.56 Å². The van der Waals surface area contributed by atoms with Crippen LogP contribution >= 0.6 is 0 Å².